The van der Waals surface area contributed by atoms with Gasteiger partial charge in [0.1, 0.15) is 0 Å². The molecule has 1 aromatic rings. The Hall–Kier alpha value is -2.64. The van der Waals surface area contributed by atoms with E-state index in [1.54, 1.807) is 0 Å². The zero-order valence-corrected chi connectivity index (χ0v) is 10.5. The van der Waals surface area contributed by atoms with Gasteiger partial charge in [0.05, 0.1) is 31.8 Å². The minimum absolute atomic E-state index is 0.155. The number of carbonyl (C=O) groups excluding carboxylic acids is 2. The highest BCUT2D eigenvalue weighted by atomic mass is 16.6. The van der Waals surface area contributed by atoms with Crippen molar-refractivity contribution >= 4 is 17.6 Å². The van der Waals surface area contributed by atoms with Gasteiger partial charge in [0.2, 0.25) is 0 Å². The average molecular weight is 269 g/mol. The summed E-state index contributed by atoms with van der Waals surface area (Å²) in [6.07, 6.45) is 0. The number of benzene rings is 1. The number of esters is 2. The Kier molecular flexibility index (Phi) is 4.41. The zero-order chi connectivity index (χ0) is 14.6. The van der Waals surface area contributed by atoms with E-state index >= 15 is 0 Å². The lowest BCUT2D eigenvalue weighted by atomic mass is 10.0. The number of hydrogen-bond acceptors (Lipinski definition) is 7. The average Bonchev–Trinajstić information content (AvgIpc) is 2.43. The maximum Gasteiger partial charge on any atom is 0.345 e. The third-order valence-electron chi connectivity index (χ3n) is 2.34. The normalized spacial score (nSPS) is 9.63. The van der Waals surface area contributed by atoms with Crippen LogP contribution in [0.4, 0.5) is 5.69 Å². The second-order valence-corrected chi connectivity index (χ2v) is 3.28. The molecule has 0 bridgehead atoms. The SMILES string of the molecule is COC(=O)c1ccc(OC)c([N+](=O)[O-])c1C(=O)OC. The molecule has 0 aliphatic heterocycles. The predicted octanol–water partition coefficient (Wildman–Crippen LogP) is 1.18. The van der Waals surface area contributed by atoms with Gasteiger partial charge in [-0.1, -0.05) is 0 Å². The highest BCUT2D eigenvalue weighted by molar-refractivity contribution is 6.06. The summed E-state index contributed by atoms with van der Waals surface area (Å²) in [5.74, 6) is -2.06. The molecule has 0 N–H and O–H groups in total. The molecule has 8 heteroatoms. The number of nitro benzene ring substituents is 1. The molecule has 8 nitrogen and oxygen atoms in total. The fraction of sp³-hybridized carbons (Fsp3) is 0.273. The molecule has 0 spiro atoms. The second-order valence-electron chi connectivity index (χ2n) is 3.28. The van der Waals surface area contributed by atoms with Crippen LogP contribution < -0.4 is 4.74 Å². The van der Waals surface area contributed by atoms with E-state index in [0.717, 1.165) is 14.2 Å². The smallest absolute Gasteiger partial charge is 0.345 e. The quantitative estimate of drug-likeness (QED) is 0.459. The first-order chi connectivity index (χ1) is 8.97. The van der Waals surface area contributed by atoms with Crippen LogP contribution in [0.1, 0.15) is 20.7 Å². The second kappa shape index (κ2) is 5.80. The van der Waals surface area contributed by atoms with Gasteiger partial charge in [0.15, 0.2) is 11.3 Å². The van der Waals surface area contributed by atoms with E-state index in [-0.39, 0.29) is 11.3 Å². The Labute approximate surface area is 108 Å². The molecule has 102 valence electrons. The van der Waals surface area contributed by atoms with Crippen molar-refractivity contribution in [2.75, 3.05) is 21.3 Å². The third kappa shape index (κ3) is 2.62. The summed E-state index contributed by atoms with van der Waals surface area (Å²) < 4.78 is 13.7. The molecule has 0 amide bonds. The first-order valence-corrected chi connectivity index (χ1v) is 4.99. The van der Waals surface area contributed by atoms with E-state index < -0.39 is 28.1 Å². The molecule has 19 heavy (non-hydrogen) atoms. The molecule has 0 aliphatic carbocycles. The molecule has 0 radical (unpaired) electrons. The molecule has 0 fully saturated rings. The van der Waals surface area contributed by atoms with E-state index in [2.05, 4.69) is 9.47 Å². The van der Waals surface area contributed by atoms with Crippen LogP contribution in [0.25, 0.3) is 0 Å². The molecule has 0 atom stereocenters. The van der Waals surface area contributed by atoms with Gasteiger partial charge >= 0.3 is 17.6 Å². The Morgan fingerprint density at radius 3 is 2.11 bits per heavy atom. The minimum atomic E-state index is -1.02. The lowest BCUT2D eigenvalue weighted by Crippen LogP contribution is -2.15. The number of carbonyl (C=O) groups is 2. The Bertz CT molecular complexity index is 538. The highest BCUT2D eigenvalue weighted by Crippen LogP contribution is 2.34. The van der Waals surface area contributed by atoms with Gasteiger partial charge in [-0.2, -0.15) is 0 Å². The molecule has 1 aromatic carbocycles. The van der Waals surface area contributed by atoms with Gasteiger partial charge in [0, 0.05) is 0 Å². The van der Waals surface area contributed by atoms with Crippen molar-refractivity contribution in [1.29, 1.82) is 0 Å². The maximum absolute atomic E-state index is 11.7. The summed E-state index contributed by atoms with van der Waals surface area (Å²) in [4.78, 5) is 33.4. The fourth-order valence-corrected chi connectivity index (χ4v) is 1.51. The monoisotopic (exact) mass is 269 g/mol. The third-order valence-corrected chi connectivity index (χ3v) is 2.34. The summed E-state index contributed by atoms with van der Waals surface area (Å²) in [6.45, 7) is 0. The van der Waals surface area contributed by atoms with E-state index in [0.29, 0.717) is 0 Å². The van der Waals surface area contributed by atoms with Gasteiger partial charge < -0.3 is 14.2 Å². The lowest BCUT2D eigenvalue weighted by Gasteiger charge is -2.09. The van der Waals surface area contributed by atoms with Crippen LogP contribution in [0.15, 0.2) is 12.1 Å². The van der Waals surface area contributed by atoms with E-state index in [1.165, 1.54) is 19.2 Å². The number of ether oxygens (including phenoxy) is 3. The van der Waals surface area contributed by atoms with Crippen molar-refractivity contribution in [2.24, 2.45) is 0 Å². The first kappa shape index (κ1) is 14.4. The van der Waals surface area contributed by atoms with Crippen LogP contribution >= 0.6 is 0 Å². The fourth-order valence-electron chi connectivity index (χ4n) is 1.51. The summed E-state index contributed by atoms with van der Waals surface area (Å²) >= 11 is 0. The first-order valence-electron chi connectivity index (χ1n) is 4.99. The van der Waals surface area contributed by atoms with Crippen LogP contribution in [0.2, 0.25) is 0 Å². The molecule has 0 heterocycles. The number of rotatable bonds is 4. The Morgan fingerprint density at radius 2 is 1.68 bits per heavy atom. The number of nitro groups is 1. The molecule has 1 rings (SSSR count). The largest absolute Gasteiger partial charge is 0.490 e. The number of nitrogens with zero attached hydrogens (tertiary/aromatic N) is 1. The number of methoxy groups -OCH3 is 3. The standard InChI is InChI=1S/C11H11NO7/c1-17-7-5-4-6(10(13)18-2)8(11(14)19-3)9(7)12(15)16/h4-5H,1-3H3. The van der Waals surface area contributed by atoms with Crippen LogP contribution in [-0.4, -0.2) is 38.2 Å². The molecule has 0 saturated heterocycles. The van der Waals surface area contributed by atoms with Gasteiger partial charge in [-0.25, -0.2) is 9.59 Å². The van der Waals surface area contributed by atoms with Gasteiger partial charge in [0.25, 0.3) is 0 Å². The molecular formula is C11H11NO7. The maximum atomic E-state index is 11.7. The lowest BCUT2D eigenvalue weighted by molar-refractivity contribution is -0.386. The minimum Gasteiger partial charge on any atom is -0.490 e. The topological polar surface area (TPSA) is 105 Å². The highest BCUT2D eigenvalue weighted by Gasteiger charge is 2.32. The summed E-state index contributed by atoms with van der Waals surface area (Å²) in [6, 6.07) is 2.40. The van der Waals surface area contributed by atoms with Crippen molar-refractivity contribution in [3.8, 4) is 5.75 Å². The van der Waals surface area contributed by atoms with Crippen LogP contribution in [0.3, 0.4) is 0 Å². The number of hydrogen-bond donors (Lipinski definition) is 0. The summed E-state index contributed by atoms with van der Waals surface area (Å²) in [5.41, 5.74) is -1.40. The van der Waals surface area contributed by atoms with Crippen LogP contribution in [-0.2, 0) is 9.47 Å². The van der Waals surface area contributed by atoms with Crippen molar-refractivity contribution in [2.45, 2.75) is 0 Å². The molecular weight excluding hydrogens is 258 g/mol. The Morgan fingerprint density at radius 1 is 1.11 bits per heavy atom. The van der Waals surface area contributed by atoms with Gasteiger partial charge in [-0.15, -0.1) is 0 Å². The van der Waals surface area contributed by atoms with Crippen LogP contribution in [0, 0.1) is 10.1 Å². The predicted molar refractivity (Wildman–Crippen MR) is 62.3 cm³/mol. The van der Waals surface area contributed by atoms with Crippen molar-refractivity contribution < 1.29 is 28.7 Å². The molecule has 0 unspecified atom stereocenters. The summed E-state index contributed by atoms with van der Waals surface area (Å²) in [7, 11) is 3.35. The van der Waals surface area contributed by atoms with E-state index in [9.17, 15) is 19.7 Å². The van der Waals surface area contributed by atoms with Crippen LogP contribution in [0.5, 0.6) is 5.75 Å². The molecule has 0 saturated carbocycles. The van der Waals surface area contributed by atoms with Gasteiger partial charge in [-0.05, 0) is 12.1 Å². The molecule has 0 aromatic heterocycles. The summed E-state index contributed by atoms with van der Waals surface area (Å²) in [5, 5.41) is 11.1. The molecule has 0 aliphatic rings. The van der Waals surface area contributed by atoms with Crippen molar-refractivity contribution in [3.63, 3.8) is 0 Å². The zero-order valence-electron chi connectivity index (χ0n) is 10.5. The van der Waals surface area contributed by atoms with Gasteiger partial charge in [-0.3, -0.25) is 10.1 Å². The Balaban J connectivity index is 3.68. The van der Waals surface area contributed by atoms with E-state index in [1.807, 2.05) is 0 Å². The van der Waals surface area contributed by atoms with E-state index in [4.69, 9.17) is 4.74 Å². The van der Waals surface area contributed by atoms with Crippen molar-refractivity contribution in [3.05, 3.63) is 33.4 Å². The van der Waals surface area contributed by atoms with Crippen molar-refractivity contribution in [1.82, 2.24) is 0 Å².